The summed E-state index contributed by atoms with van der Waals surface area (Å²) in [5.41, 5.74) is 1.95. The van der Waals surface area contributed by atoms with Gasteiger partial charge in [0, 0.05) is 16.8 Å². The van der Waals surface area contributed by atoms with Crippen molar-refractivity contribution in [3.05, 3.63) is 75.7 Å². The lowest BCUT2D eigenvalue weighted by Gasteiger charge is -2.27. The first kappa shape index (κ1) is 19.2. The lowest BCUT2D eigenvalue weighted by molar-refractivity contribution is 0.242. The zero-order valence-electron chi connectivity index (χ0n) is 15.5. The molecule has 144 valence electrons. The average molecular weight is 430 g/mol. The van der Waals surface area contributed by atoms with Crippen LogP contribution in [0.1, 0.15) is 36.5 Å². The van der Waals surface area contributed by atoms with E-state index < -0.39 is 0 Å². The quantitative estimate of drug-likeness (QED) is 0.522. The van der Waals surface area contributed by atoms with Crippen LogP contribution in [-0.2, 0) is 0 Å². The normalized spacial score (nSPS) is 19.1. The maximum Gasteiger partial charge on any atom is 0.174 e. The average Bonchev–Trinajstić information content (AvgIpc) is 3.26. The van der Waals surface area contributed by atoms with Crippen molar-refractivity contribution in [2.75, 3.05) is 4.90 Å². The van der Waals surface area contributed by atoms with E-state index in [1.165, 1.54) is 0 Å². The van der Waals surface area contributed by atoms with Gasteiger partial charge in [-0.15, -0.1) is 11.3 Å². The number of thiocarbonyl (C=S) groups is 1. The first-order chi connectivity index (χ1) is 13.5. The fourth-order valence-corrected chi connectivity index (χ4v) is 4.90. The van der Waals surface area contributed by atoms with Crippen molar-refractivity contribution < 1.29 is 4.74 Å². The van der Waals surface area contributed by atoms with Crippen molar-refractivity contribution in [1.29, 1.82) is 0 Å². The second-order valence-corrected chi connectivity index (χ2v) is 8.93. The maximum atomic E-state index is 6.25. The number of nitrogens with zero attached hydrogens (tertiary/aromatic N) is 2. The molecule has 0 spiro atoms. The Bertz CT molecular complexity index is 959. The third-order valence-corrected chi connectivity index (χ3v) is 6.09. The Morgan fingerprint density at radius 3 is 2.54 bits per heavy atom. The molecule has 1 saturated heterocycles. The highest BCUT2D eigenvalue weighted by atomic mass is 35.5. The Labute approximate surface area is 179 Å². The molecule has 28 heavy (non-hydrogen) atoms. The van der Waals surface area contributed by atoms with Gasteiger partial charge in [-0.2, -0.15) is 0 Å². The minimum atomic E-state index is -0.0602. The molecule has 3 heterocycles. The molecule has 0 saturated carbocycles. The number of nitrogens with one attached hydrogen (secondary N) is 1. The number of pyridine rings is 1. The fraction of sp³-hybridized carbons (Fsp3) is 0.238. The van der Waals surface area contributed by atoms with Gasteiger partial charge in [0.15, 0.2) is 5.11 Å². The molecule has 7 heteroatoms. The minimum Gasteiger partial charge on any atom is -0.491 e. The van der Waals surface area contributed by atoms with Crippen molar-refractivity contribution in [3.63, 3.8) is 0 Å². The third kappa shape index (κ3) is 3.85. The summed E-state index contributed by atoms with van der Waals surface area (Å²) in [5, 5.41) is 4.12. The molecule has 0 amide bonds. The standard InChI is InChI=1S/C21H20ClN3OS2/c1-13(2)26-15-8-6-14(7-9-15)25-20(17-10-11-18(22)28-17)19(24-21(25)27)16-5-3-4-12-23-16/h3-13,19-20H,1-2H3,(H,24,27)/t19-,20+/m0/s1. The van der Waals surface area contributed by atoms with Crippen LogP contribution in [0.15, 0.2) is 60.8 Å². The van der Waals surface area contributed by atoms with E-state index in [9.17, 15) is 0 Å². The van der Waals surface area contributed by atoms with E-state index in [0.717, 1.165) is 26.3 Å². The number of anilines is 1. The van der Waals surface area contributed by atoms with Crippen molar-refractivity contribution >= 4 is 46.0 Å². The summed E-state index contributed by atoms with van der Waals surface area (Å²) in [6.45, 7) is 4.03. The van der Waals surface area contributed by atoms with Gasteiger partial charge in [-0.05, 0) is 74.6 Å². The van der Waals surface area contributed by atoms with Crippen LogP contribution >= 0.6 is 35.2 Å². The van der Waals surface area contributed by atoms with Crippen molar-refractivity contribution in [2.45, 2.75) is 32.0 Å². The van der Waals surface area contributed by atoms with E-state index >= 15 is 0 Å². The molecular formula is C21H20ClN3OS2. The Hall–Kier alpha value is -2.15. The second-order valence-electron chi connectivity index (χ2n) is 6.80. The Morgan fingerprint density at radius 1 is 1.14 bits per heavy atom. The van der Waals surface area contributed by atoms with Crippen LogP contribution in [0, 0.1) is 0 Å². The minimum absolute atomic E-state index is 0.0308. The molecule has 0 bridgehead atoms. The van der Waals surface area contributed by atoms with Crippen molar-refractivity contribution in [1.82, 2.24) is 10.3 Å². The molecule has 0 aliphatic carbocycles. The van der Waals surface area contributed by atoms with E-state index in [1.807, 2.05) is 62.4 Å². The largest absolute Gasteiger partial charge is 0.491 e. The van der Waals surface area contributed by atoms with Crippen LogP contribution in [-0.4, -0.2) is 16.2 Å². The van der Waals surface area contributed by atoms with Crippen LogP contribution in [0.25, 0.3) is 0 Å². The molecule has 1 fully saturated rings. The van der Waals surface area contributed by atoms with Crippen molar-refractivity contribution in [2.24, 2.45) is 0 Å². The molecule has 0 radical (unpaired) electrons. The van der Waals surface area contributed by atoms with E-state index in [-0.39, 0.29) is 18.2 Å². The van der Waals surface area contributed by atoms with Gasteiger partial charge in [0.25, 0.3) is 0 Å². The van der Waals surface area contributed by atoms with Crippen LogP contribution in [0.5, 0.6) is 5.75 Å². The molecule has 2 atom stereocenters. The molecule has 1 aliphatic rings. The first-order valence-electron chi connectivity index (χ1n) is 9.05. The predicted octanol–water partition coefficient (Wildman–Crippen LogP) is 5.76. The van der Waals surface area contributed by atoms with Gasteiger partial charge in [0.2, 0.25) is 0 Å². The van der Waals surface area contributed by atoms with E-state index in [4.69, 9.17) is 28.6 Å². The number of halogens is 1. The maximum absolute atomic E-state index is 6.25. The van der Waals surface area contributed by atoms with Gasteiger partial charge in [0.1, 0.15) is 5.75 Å². The van der Waals surface area contributed by atoms with E-state index in [1.54, 1.807) is 17.5 Å². The summed E-state index contributed by atoms with van der Waals surface area (Å²) < 4.78 is 6.53. The Balaban J connectivity index is 1.73. The van der Waals surface area contributed by atoms with E-state index in [2.05, 4.69) is 21.3 Å². The lowest BCUT2D eigenvalue weighted by Crippen LogP contribution is -2.29. The van der Waals surface area contributed by atoms with Gasteiger partial charge in [-0.1, -0.05) is 17.7 Å². The first-order valence-corrected chi connectivity index (χ1v) is 10.7. The summed E-state index contributed by atoms with van der Waals surface area (Å²) >= 11 is 13.5. The van der Waals surface area contributed by atoms with Gasteiger partial charge in [0.05, 0.1) is 28.2 Å². The number of aromatic nitrogens is 1. The van der Waals surface area contributed by atoms with Gasteiger partial charge >= 0.3 is 0 Å². The molecule has 2 aromatic heterocycles. The number of benzene rings is 1. The number of ether oxygens (including phenoxy) is 1. The van der Waals surface area contributed by atoms with Crippen LogP contribution < -0.4 is 15.0 Å². The zero-order valence-corrected chi connectivity index (χ0v) is 17.9. The van der Waals surface area contributed by atoms with Crippen LogP contribution in [0.4, 0.5) is 5.69 Å². The van der Waals surface area contributed by atoms with Crippen molar-refractivity contribution in [3.8, 4) is 5.75 Å². The molecule has 4 rings (SSSR count). The second kappa shape index (κ2) is 8.07. The number of thiophene rings is 1. The summed E-state index contributed by atoms with van der Waals surface area (Å²) in [6.07, 6.45) is 1.94. The molecule has 1 aliphatic heterocycles. The fourth-order valence-electron chi connectivity index (χ4n) is 3.37. The summed E-state index contributed by atoms with van der Waals surface area (Å²) in [7, 11) is 0. The molecular weight excluding hydrogens is 410 g/mol. The molecule has 3 aromatic rings. The SMILES string of the molecule is CC(C)Oc1ccc(N2C(=S)N[C@@H](c3ccccn3)[C@H]2c2ccc(Cl)s2)cc1. The topological polar surface area (TPSA) is 37.4 Å². The monoisotopic (exact) mass is 429 g/mol. The summed E-state index contributed by atoms with van der Waals surface area (Å²) in [5.74, 6) is 0.841. The highest BCUT2D eigenvalue weighted by molar-refractivity contribution is 7.80. The molecule has 4 nitrogen and oxygen atoms in total. The van der Waals surface area contributed by atoms with Gasteiger partial charge in [-0.25, -0.2) is 0 Å². The summed E-state index contributed by atoms with van der Waals surface area (Å²) in [6, 6.07) is 17.9. The third-order valence-electron chi connectivity index (χ3n) is 4.47. The Kier molecular flexibility index (Phi) is 5.53. The van der Waals surface area contributed by atoms with Gasteiger partial charge in [-0.3, -0.25) is 4.98 Å². The van der Waals surface area contributed by atoms with E-state index in [0.29, 0.717) is 5.11 Å². The number of hydrogen-bond acceptors (Lipinski definition) is 4. The number of rotatable bonds is 5. The highest BCUT2D eigenvalue weighted by Gasteiger charge is 2.41. The highest BCUT2D eigenvalue weighted by Crippen LogP contribution is 2.44. The van der Waals surface area contributed by atoms with Crippen LogP contribution in [0.2, 0.25) is 4.34 Å². The lowest BCUT2D eigenvalue weighted by atomic mass is 10.0. The molecule has 1 aromatic carbocycles. The zero-order chi connectivity index (χ0) is 19.7. The Morgan fingerprint density at radius 2 is 1.93 bits per heavy atom. The number of hydrogen-bond donors (Lipinski definition) is 1. The molecule has 0 unspecified atom stereocenters. The predicted molar refractivity (Wildman–Crippen MR) is 119 cm³/mol. The molecule has 1 N–H and O–H groups in total. The summed E-state index contributed by atoms with van der Waals surface area (Å²) in [4.78, 5) is 7.83. The smallest absolute Gasteiger partial charge is 0.174 e. The van der Waals surface area contributed by atoms with Gasteiger partial charge < -0.3 is 15.0 Å². The van der Waals surface area contributed by atoms with Crippen LogP contribution in [0.3, 0.4) is 0 Å².